The summed E-state index contributed by atoms with van der Waals surface area (Å²) in [6.07, 6.45) is 2.74. The van der Waals surface area contributed by atoms with E-state index >= 15 is 0 Å². The van der Waals surface area contributed by atoms with Gasteiger partial charge in [0, 0.05) is 23.8 Å². The summed E-state index contributed by atoms with van der Waals surface area (Å²) in [6.45, 7) is 0.433. The monoisotopic (exact) mass is 237 g/mol. The van der Waals surface area contributed by atoms with Crippen LogP contribution < -0.4 is 5.32 Å². The maximum Gasteiger partial charge on any atom is 0.116 e. The van der Waals surface area contributed by atoms with Crippen molar-refractivity contribution in [2.45, 2.75) is 6.10 Å². The average Bonchev–Trinajstić information content (AvgIpc) is 2.35. The Balaban J connectivity index is 2.13. The number of anilines is 1. The number of alkyl halides is 1. The van der Waals surface area contributed by atoms with Gasteiger partial charge in [-0.2, -0.15) is 0 Å². The molecule has 0 bridgehead atoms. The molecule has 1 heterocycles. The van der Waals surface area contributed by atoms with Crippen LogP contribution in [0.1, 0.15) is 0 Å². The van der Waals surface area contributed by atoms with Crippen LogP contribution in [-0.2, 0) is 0 Å². The van der Waals surface area contributed by atoms with E-state index in [4.69, 9.17) is 11.6 Å². The Morgan fingerprint density at radius 2 is 2.31 bits per heavy atom. The van der Waals surface area contributed by atoms with Gasteiger partial charge in [0.1, 0.15) is 6.33 Å². The van der Waals surface area contributed by atoms with Gasteiger partial charge in [0.2, 0.25) is 0 Å². The first kappa shape index (κ1) is 11.1. The highest BCUT2D eigenvalue weighted by molar-refractivity contribution is 6.18. The fourth-order valence-corrected chi connectivity index (χ4v) is 1.49. The van der Waals surface area contributed by atoms with Crippen LogP contribution >= 0.6 is 11.6 Å². The number of nitrogens with zero attached hydrogens (tertiary/aromatic N) is 2. The molecule has 2 N–H and O–H groups in total. The molecule has 0 spiro atoms. The first-order valence-corrected chi connectivity index (χ1v) is 5.50. The number of halogens is 1. The van der Waals surface area contributed by atoms with Crippen LogP contribution in [0.2, 0.25) is 0 Å². The Kier molecular flexibility index (Phi) is 3.54. The number of aromatic nitrogens is 2. The largest absolute Gasteiger partial charge is 0.390 e. The SMILES string of the molecule is OC(CCl)CNc1ccc2ncncc2c1. The van der Waals surface area contributed by atoms with E-state index in [2.05, 4.69) is 15.3 Å². The van der Waals surface area contributed by atoms with E-state index in [0.717, 1.165) is 16.6 Å². The minimum absolute atomic E-state index is 0.226. The molecule has 16 heavy (non-hydrogen) atoms. The zero-order valence-electron chi connectivity index (χ0n) is 8.60. The van der Waals surface area contributed by atoms with E-state index < -0.39 is 6.10 Å². The second kappa shape index (κ2) is 5.09. The van der Waals surface area contributed by atoms with Crippen LogP contribution in [0, 0.1) is 0 Å². The van der Waals surface area contributed by atoms with Gasteiger partial charge >= 0.3 is 0 Å². The summed E-state index contributed by atoms with van der Waals surface area (Å²) in [4.78, 5) is 8.08. The van der Waals surface area contributed by atoms with Gasteiger partial charge in [0.05, 0.1) is 17.5 Å². The lowest BCUT2D eigenvalue weighted by Gasteiger charge is -2.10. The van der Waals surface area contributed by atoms with Gasteiger partial charge in [0.25, 0.3) is 0 Å². The van der Waals surface area contributed by atoms with Gasteiger partial charge < -0.3 is 10.4 Å². The lowest BCUT2D eigenvalue weighted by Crippen LogP contribution is -2.20. The molecule has 1 aromatic carbocycles. The van der Waals surface area contributed by atoms with Crippen molar-refractivity contribution in [1.29, 1.82) is 0 Å². The summed E-state index contributed by atoms with van der Waals surface area (Å²) in [6, 6.07) is 5.76. The first-order chi connectivity index (χ1) is 7.79. The highest BCUT2D eigenvalue weighted by atomic mass is 35.5. The van der Waals surface area contributed by atoms with Crippen molar-refractivity contribution < 1.29 is 5.11 Å². The molecule has 0 saturated carbocycles. The number of rotatable bonds is 4. The maximum atomic E-state index is 9.31. The normalized spacial score (nSPS) is 12.6. The predicted molar refractivity (Wildman–Crippen MR) is 64.8 cm³/mol. The summed E-state index contributed by atoms with van der Waals surface area (Å²) in [5.41, 5.74) is 1.82. The number of fused-ring (bicyclic) bond motifs is 1. The molecule has 4 nitrogen and oxygen atoms in total. The van der Waals surface area contributed by atoms with E-state index in [1.54, 1.807) is 6.20 Å². The Labute approximate surface area is 98.3 Å². The molecule has 0 aliphatic carbocycles. The van der Waals surface area contributed by atoms with E-state index in [-0.39, 0.29) is 5.88 Å². The predicted octanol–water partition coefficient (Wildman–Crippen LogP) is 1.64. The molecule has 0 radical (unpaired) electrons. The molecular formula is C11H12ClN3O. The number of hydrogen-bond acceptors (Lipinski definition) is 4. The Morgan fingerprint density at radius 3 is 3.12 bits per heavy atom. The van der Waals surface area contributed by atoms with Crippen molar-refractivity contribution in [2.75, 3.05) is 17.7 Å². The molecule has 2 aromatic rings. The van der Waals surface area contributed by atoms with Gasteiger partial charge in [-0.3, -0.25) is 0 Å². The van der Waals surface area contributed by atoms with Crippen molar-refractivity contribution in [3.63, 3.8) is 0 Å². The zero-order chi connectivity index (χ0) is 11.4. The van der Waals surface area contributed by atoms with E-state index in [9.17, 15) is 5.11 Å². The smallest absolute Gasteiger partial charge is 0.116 e. The maximum absolute atomic E-state index is 9.31. The summed E-state index contributed by atoms with van der Waals surface area (Å²) < 4.78 is 0. The molecule has 0 aliphatic heterocycles. The van der Waals surface area contributed by atoms with E-state index in [1.807, 2.05) is 18.2 Å². The second-order valence-corrected chi connectivity index (χ2v) is 3.79. The lowest BCUT2D eigenvalue weighted by atomic mass is 10.2. The fraction of sp³-hybridized carbons (Fsp3) is 0.273. The molecule has 0 amide bonds. The van der Waals surface area contributed by atoms with Crippen molar-refractivity contribution in [3.8, 4) is 0 Å². The number of aliphatic hydroxyl groups is 1. The third-order valence-corrected chi connectivity index (χ3v) is 2.58. The molecule has 0 aliphatic rings. The van der Waals surface area contributed by atoms with Crippen molar-refractivity contribution in [1.82, 2.24) is 9.97 Å². The van der Waals surface area contributed by atoms with Crippen LogP contribution in [0.3, 0.4) is 0 Å². The molecule has 1 aromatic heterocycles. The van der Waals surface area contributed by atoms with Gasteiger partial charge in [-0.1, -0.05) is 0 Å². The average molecular weight is 238 g/mol. The molecule has 84 valence electrons. The van der Waals surface area contributed by atoms with Crippen LogP contribution in [-0.4, -0.2) is 33.6 Å². The van der Waals surface area contributed by atoms with Crippen LogP contribution in [0.25, 0.3) is 10.9 Å². The highest BCUT2D eigenvalue weighted by Crippen LogP contribution is 2.15. The Hall–Kier alpha value is -1.39. The highest BCUT2D eigenvalue weighted by Gasteiger charge is 2.02. The van der Waals surface area contributed by atoms with Gasteiger partial charge in [0.15, 0.2) is 0 Å². The molecule has 1 atom stereocenters. The quantitative estimate of drug-likeness (QED) is 0.794. The Morgan fingerprint density at radius 1 is 1.44 bits per heavy atom. The van der Waals surface area contributed by atoms with Gasteiger partial charge in [-0.05, 0) is 18.2 Å². The zero-order valence-corrected chi connectivity index (χ0v) is 9.35. The van der Waals surface area contributed by atoms with Crippen molar-refractivity contribution in [3.05, 3.63) is 30.7 Å². The number of benzene rings is 1. The van der Waals surface area contributed by atoms with E-state index in [0.29, 0.717) is 6.54 Å². The summed E-state index contributed by atoms with van der Waals surface area (Å²) in [5.74, 6) is 0.226. The molecule has 5 heteroatoms. The summed E-state index contributed by atoms with van der Waals surface area (Å²) >= 11 is 5.50. The number of aliphatic hydroxyl groups excluding tert-OH is 1. The third kappa shape index (κ3) is 2.59. The number of hydrogen-bond donors (Lipinski definition) is 2. The Bertz CT molecular complexity index is 477. The minimum atomic E-state index is -0.538. The van der Waals surface area contributed by atoms with Gasteiger partial charge in [-0.15, -0.1) is 11.6 Å². The topological polar surface area (TPSA) is 58.0 Å². The summed E-state index contributed by atoms with van der Waals surface area (Å²) in [7, 11) is 0. The van der Waals surface area contributed by atoms with Crippen LogP contribution in [0.15, 0.2) is 30.7 Å². The third-order valence-electron chi connectivity index (χ3n) is 2.22. The second-order valence-electron chi connectivity index (χ2n) is 3.49. The molecular weight excluding hydrogens is 226 g/mol. The van der Waals surface area contributed by atoms with Crippen LogP contribution in [0.5, 0.6) is 0 Å². The minimum Gasteiger partial charge on any atom is -0.390 e. The molecule has 2 rings (SSSR count). The van der Waals surface area contributed by atoms with Crippen molar-refractivity contribution in [2.24, 2.45) is 0 Å². The number of nitrogens with one attached hydrogen (secondary N) is 1. The molecule has 1 unspecified atom stereocenters. The van der Waals surface area contributed by atoms with E-state index in [1.165, 1.54) is 6.33 Å². The molecule has 0 saturated heterocycles. The molecule has 0 fully saturated rings. The van der Waals surface area contributed by atoms with Gasteiger partial charge in [-0.25, -0.2) is 9.97 Å². The van der Waals surface area contributed by atoms with Crippen LogP contribution in [0.4, 0.5) is 5.69 Å². The lowest BCUT2D eigenvalue weighted by molar-refractivity contribution is 0.211. The summed E-state index contributed by atoms with van der Waals surface area (Å²) in [5, 5.41) is 13.4. The fourth-order valence-electron chi connectivity index (χ4n) is 1.38. The standard InChI is InChI=1S/C11H12ClN3O/c12-4-10(16)6-14-9-1-2-11-8(3-9)5-13-7-15-11/h1-3,5,7,10,14,16H,4,6H2. The van der Waals surface area contributed by atoms with Crippen molar-refractivity contribution >= 4 is 28.2 Å². The first-order valence-electron chi connectivity index (χ1n) is 4.97.